The van der Waals surface area contributed by atoms with Gasteiger partial charge in [0.25, 0.3) is 0 Å². The lowest BCUT2D eigenvalue weighted by molar-refractivity contribution is -0.302. The normalized spacial score (nSPS) is 24.0. The third kappa shape index (κ3) is 17.5. The van der Waals surface area contributed by atoms with Gasteiger partial charge in [-0.1, -0.05) is 129 Å². The first-order chi connectivity index (χ1) is 20.3. The molecule has 6 N–H and O–H groups in total. The Labute approximate surface area is 255 Å². The Kier molecular flexibility index (Phi) is 23.8. The van der Waals surface area contributed by atoms with Crippen molar-refractivity contribution in [2.24, 2.45) is 0 Å². The molecule has 7 atom stereocenters. The molecule has 1 fully saturated rings. The number of ether oxygens (including phenoxy) is 2. The molecule has 1 heterocycles. The number of hydrogen-bond acceptors (Lipinski definition) is 8. The summed E-state index contributed by atoms with van der Waals surface area (Å²) in [5.41, 5.74) is 0. The van der Waals surface area contributed by atoms with E-state index in [9.17, 15) is 30.3 Å². The minimum absolute atomic E-state index is 0.135. The van der Waals surface area contributed by atoms with Gasteiger partial charge in [-0.2, -0.15) is 0 Å². The van der Waals surface area contributed by atoms with Gasteiger partial charge in [0.05, 0.1) is 25.4 Å². The Hall–Kier alpha value is -0.810. The average Bonchev–Trinajstić information content (AvgIpc) is 2.98. The van der Waals surface area contributed by atoms with Crippen molar-refractivity contribution < 1.29 is 39.8 Å². The van der Waals surface area contributed by atoms with Gasteiger partial charge in [0, 0.05) is 6.42 Å². The smallest absolute Gasteiger partial charge is 0.220 e. The number of rotatable bonds is 27. The maximum Gasteiger partial charge on any atom is 0.220 e. The van der Waals surface area contributed by atoms with Crippen molar-refractivity contribution in [2.75, 3.05) is 13.2 Å². The van der Waals surface area contributed by atoms with Gasteiger partial charge in [-0.15, -0.1) is 0 Å². The predicted molar refractivity (Wildman–Crippen MR) is 166 cm³/mol. The standard InChI is InChI=1S/C33H65NO8/c1-3-5-7-9-10-11-12-13-14-15-16-17-19-20-22-27(36)26(34-29(37)23-21-18-8-6-4-2)25-41-33-32(40)31(39)30(38)28(24-35)42-33/h26-28,30-33,35-36,38-40H,3-25H2,1-2H3,(H,34,37). The van der Waals surface area contributed by atoms with Crippen molar-refractivity contribution in [1.29, 1.82) is 0 Å². The van der Waals surface area contributed by atoms with Crippen molar-refractivity contribution in [3.8, 4) is 0 Å². The van der Waals surface area contributed by atoms with E-state index in [2.05, 4.69) is 19.2 Å². The van der Waals surface area contributed by atoms with Crippen molar-refractivity contribution in [3.05, 3.63) is 0 Å². The van der Waals surface area contributed by atoms with Gasteiger partial charge in [-0.05, 0) is 12.8 Å². The fourth-order valence-electron chi connectivity index (χ4n) is 5.57. The summed E-state index contributed by atoms with van der Waals surface area (Å²) in [6, 6.07) is -0.706. The molecule has 0 radical (unpaired) electrons. The molecule has 1 rings (SSSR count). The first-order valence-corrected chi connectivity index (χ1v) is 17.2. The van der Waals surface area contributed by atoms with E-state index >= 15 is 0 Å². The number of hydrogen-bond donors (Lipinski definition) is 6. The number of unbranched alkanes of at least 4 members (excludes halogenated alkanes) is 17. The second-order valence-electron chi connectivity index (χ2n) is 12.3. The van der Waals surface area contributed by atoms with E-state index in [4.69, 9.17) is 9.47 Å². The van der Waals surface area contributed by atoms with E-state index in [1.54, 1.807) is 0 Å². The molecule has 1 amide bonds. The number of carbonyl (C=O) groups is 1. The van der Waals surface area contributed by atoms with Crippen LogP contribution in [0.25, 0.3) is 0 Å². The molecular formula is C33H65NO8. The maximum absolute atomic E-state index is 12.6. The second-order valence-corrected chi connectivity index (χ2v) is 12.3. The van der Waals surface area contributed by atoms with Crippen LogP contribution in [0.4, 0.5) is 0 Å². The zero-order valence-corrected chi connectivity index (χ0v) is 26.8. The second kappa shape index (κ2) is 25.5. The van der Waals surface area contributed by atoms with Gasteiger partial charge in [0.15, 0.2) is 6.29 Å². The zero-order chi connectivity index (χ0) is 31.0. The molecule has 1 saturated heterocycles. The van der Waals surface area contributed by atoms with E-state index in [1.165, 1.54) is 70.6 Å². The summed E-state index contributed by atoms with van der Waals surface area (Å²) in [5, 5.41) is 53.6. The van der Waals surface area contributed by atoms with Crippen molar-refractivity contribution in [2.45, 2.75) is 192 Å². The van der Waals surface area contributed by atoms with E-state index < -0.39 is 49.5 Å². The summed E-state index contributed by atoms with van der Waals surface area (Å²) >= 11 is 0. The molecule has 1 aliphatic heterocycles. The van der Waals surface area contributed by atoms with Crippen molar-refractivity contribution in [3.63, 3.8) is 0 Å². The van der Waals surface area contributed by atoms with Crippen LogP contribution in [-0.4, -0.2) is 87.5 Å². The molecule has 0 bridgehead atoms. The summed E-state index contributed by atoms with van der Waals surface area (Å²) in [7, 11) is 0. The minimum Gasteiger partial charge on any atom is -0.394 e. The van der Waals surface area contributed by atoms with Gasteiger partial charge >= 0.3 is 0 Å². The first kappa shape index (κ1) is 39.2. The summed E-state index contributed by atoms with van der Waals surface area (Å²) in [6.07, 6.45) is 15.8. The molecule has 7 unspecified atom stereocenters. The molecular weight excluding hydrogens is 538 g/mol. The molecule has 250 valence electrons. The van der Waals surface area contributed by atoms with E-state index in [0.29, 0.717) is 12.8 Å². The third-order valence-electron chi connectivity index (χ3n) is 8.46. The van der Waals surface area contributed by atoms with Crippen LogP contribution < -0.4 is 5.32 Å². The topological polar surface area (TPSA) is 149 Å². The fraction of sp³-hybridized carbons (Fsp3) is 0.970. The lowest BCUT2D eigenvalue weighted by Crippen LogP contribution is -2.60. The van der Waals surface area contributed by atoms with Crippen LogP contribution in [0, 0.1) is 0 Å². The Morgan fingerprint density at radius 3 is 1.69 bits per heavy atom. The molecule has 42 heavy (non-hydrogen) atoms. The SMILES string of the molecule is CCCCCCCCCCCCCCCCC(O)C(COC1OC(CO)C(O)C(O)C1O)NC(=O)CCCCCCC. The van der Waals surface area contributed by atoms with Crippen LogP contribution in [0.3, 0.4) is 0 Å². The molecule has 0 aromatic carbocycles. The molecule has 9 heteroatoms. The lowest BCUT2D eigenvalue weighted by Gasteiger charge is -2.40. The van der Waals surface area contributed by atoms with Gasteiger partial charge in [0.1, 0.15) is 24.4 Å². The summed E-state index contributed by atoms with van der Waals surface area (Å²) in [6.45, 7) is 3.71. The quantitative estimate of drug-likeness (QED) is 0.0728. The van der Waals surface area contributed by atoms with Crippen LogP contribution >= 0.6 is 0 Å². The number of aliphatic hydroxyl groups excluding tert-OH is 5. The summed E-state index contributed by atoms with van der Waals surface area (Å²) < 4.78 is 11.1. The first-order valence-electron chi connectivity index (χ1n) is 17.2. The minimum atomic E-state index is -1.54. The highest BCUT2D eigenvalue weighted by Crippen LogP contribution is 2.23. The van der Waals surface area contributed by atoms with Crippen molar-refractivity contribution >= 4 is 5.91 Å². The van der Waals surface area contributed by atoms with Crippen LogP contribution in [0.1, 0.15) is 149 Å². The number of carbonyl (C=O) groups excluding carboxylic acids is 1. The van der Waals surface area contributed by atoms with Gasteiger partial charge in [-0.3, -0.25) is 4.79 Å². The Bertz CT molecular complexity index is 637. The molecule has 0 aliphatic carbocycles. The molecule has 9 nitrogen and oxygen atoms in total. The molecule has 0 saturated carbocycles. The van der Waals surface area contributed by atoms with Crippen LogP contribution in [0.5, 0.6) is 0 Å². The number of aliphatic hydroxyl groups is 5. The molecule has 0 aromatic rings. The average molecular weight is 604 g/mol. The summed E-state index contributed by atoms with van der Waals surface area (Å²) in [5.74, 6) is -0.158. The Balaban J connectivity index is 2.40. The highest BCUT2D eigenvalue weighted by atomic mass is 16.7. The van der Waals surface area contributed by atoms with Crippen LogP contribution in [-0.2, 0) is 14.3 Å². The molecule has 1 aliphatic rings. The van der Waals surface area contributed by atoms with E-state index in [0.717, 1.165) is 51.4 Å². The Morgan fingerprint density at radius 2 is 1.19 bits per heavy atom. The third-order valence-corrected chi connectivity index (χ3v) is 8.46. The largest absolute Gasteiger partial charge is 0.394 e. The Morgan fingerprint density at radius 1 is 0.714 bits per heavy atom. The van der Waals surface area contributed by atoms with Crippen LogP contribution in [0.15, 0.2) is 0 Å². The number of amides is 1. The van der Waals surface area contributed by atoms with Gasteiger partial charge in [0.2, 0.25) is 5.91 Å². The fourth-order valence-corrected chi connectivity index (χ4v) is 5.57. The monoisotopic (exact) mass is 603 g/mol. The molecule has 0 spiro atoms. The van der Waals surface area contributed by atoms with E-state index in [1.807, 2.05) is 0 Å². The highest BCUT2D eigenvalue weighted by Gasteiger charge is 2.44. The maximum atomic E-state index is 12.6. The highest BCUT2D eigenvalue weighted by molar-refractivity contribution is 5.76. The van der Waals surface area contributed by atoms with Crippen LogP contribution in [0.2, 0.25) is 0 Å². The van der Waals surface area contributed by atoms with Gasteiger partial charge < -0.3 is 40.3 Å². The molecule has 0 aromatic heterocycles. The van der Waals surface area contributed by atoms with Crippen molar-refractivity contribution in [1.82, 2.24) is 5.32 Å². The van der Waals surface area contributed by atoms with E-state index in [-0.39, 0.29) is 12.5 Å². The van der Waals surface area contributed by atoms with Gasteiger partial charge in [-0.25, -0.2) is 0 Å². The zero-order valence-electron chi connectivity index (χ0n) is 26.8. The predicted octanol–water partition coefficient (Wildman–Crippen LogP) is 4.88. The summed E-state index contributed by atoms with van der Waals surface area (Å²) in [4.78, 5) is 12.6. The lowest BCUT2D eigenvalue weighted by atomic mass is 9.99. The number of nitrogens with one attached hydrogen (secondary N) is 1.